The van der Waals surface area contributed by atoms with Gasteiger partial charge in [-0.3, -0.25) is 14.4 Å². The summed E-state index contributed by atoms with van der Waals surface area (Å²) < 4.78 is 23.2. The van der Waals surface area contributed by atoms with E-state index < -0.39 is 110 Å². The zero-order chi connectivity index (χ0) is 41.7. The number of unbranched alkanes of at least 4 members (excludes halogenated alkanes) is 2. The van der Waals surface area contributed by atoms with Crippen molar-refractivity contribution in [3.63, 3.8) is 0 Å². The standard InChI is InChI=1S/C35H66N6O14S/c1-4-35(2,3)31(50)32(51)40-10-9-22(44)39-11-13-56-12-7-5-6-8-21(43)41-15-19-25(46)27(48)23(38)33(52-19)54-29-18(37)14-17(36)24(45)30(29)55-34-28(49)26(47)20(16-42)53-34/h17-20,23-31,33-34,42,45-50H,4-16,36-38H2,1-3H3,(H,39,44)(H,40,51)(H,41,43)/t17-,18+,19-,20-,23-,24+,25-,26-,27-,28-,29-,30-,31+,33-,34+/m1/s1. The highest BCUT2D eigenvalue weighted by Crippen LogP contribution is 2.32. The lowest BCUT2D eigenvalue weighted by atomic mass is 9.83. The van der Waals surface area contributed by atoms with E-state index in [-0.39, 0.29) is 44.2 Å². The van der Waals surface area contributed by atoms with Gasteiger partial charge in [-0.2, -0.15) is 11.8 Å². The molecule has 56 heavy (non-hydrogen) atoms. The summed E-state index contributed by atoms with van der Waals surface area (Å²) in [5.41, 5.74) is 18.0. The Bertz CT molecular complexity index is 1230. The Balaban J connectivity index is 1.34. The van der Waals surface area contributed by atoms with Crippen LogP contribution in [0.2, 0.25) is 0 Å². The largest absolute Gasteiger partial charge is 0.394 e. The van der Waals surface area contributed by atoms with E-state index in [1.807, 2.05) is 6.92 Å². The predicted molar refractivity (Wildman–Crippen MR) is 202 cm³/mol. The molecule has 3 fully saturated rings. The lowest BCUT2D eigenvalue weighted by Crippen LogP contribution is -2.68. The molecule has 1 saturated carbocycles. The summed E-state index contributed by atoms with van der Waals surface area (Å²) in [6.07, 6.45) is -12.9. The first-order chi connectivity index (χ1) is 26.4. The summed E-state index contributed by atoms with van der Waals surface area (Å²) in [6.45, 7) is 5.33. The number of aliphatic hydroxyl groups excluding tert-OH is 7. The first-order valence-electron chi connectivity index (χ1n) is 19.4. The minimum Gasteiger partial charge on any atom is -0.394 e. The predicted octanol–water partition coefficient (Wildman–Crippen LogP) is -4.78. The topological polar surface area (TPSA) is 344 Å². The van der Waals surface area contributed by atoms with E-state index >= 15 is 0 Å². The van der Waals surface area contributed by atoms with Gasteiger partial charge in [-0.15, -0.1) is 0 Å². The monoisotopic (exact) mass is 826 g/mol. The molecular weight excluding hydrogens is 760 g/mol. The van der Waals surface area contributed by atoms with Crippen molar-refractivity contribution in [2.45, 2.75) is 157 Å². The fraction of sp³-hybridized carbons (Fsp3) is 0.914. The Morgan fingerprint density at radius 3 is 2.07 bits per heavy atom. The second-order valence-corrected chi connectivity index (χ2v) is 16.7. The number of aliphatic hydroxyl groups is 7. The van der Waals surface area contributed by atoms with Crippen LogP contribution in [-0.4, -0.2) is 183 Å². The zero-order valence-corrected chi connectivity index (χ0v) is 33.3. The van der Waals surface area contributed by atoms with Gasteiger partial charge in [-0.1, -0.05) is 27.2 Å². The SMILES string of the molecule is CCC(C)(C)[C@@H](O)C(=O)NCCC(=O)NCCSCCCCCC(=O)NC[C@H]1O[C@H](O[C@H]2[C@H](O[C@@H]3O[C@H](CO)[C@@H](O)[C@H]3O)[C@@H](O)[C@H](N)C[C@@H]2N)[C@H](N)[C@@H](O)[C@@H]1O. The number of ether oxygens (including phenoxy) is 4. The summed E-state index contributed by atoms with van der Waals surface area (Å²) in [6, 6.07) is -3.00. The highest BCUT2D eigenvalue weighted by Gasteiger charge is 2.52. The Morgan fingerprint density at radius 1 is 0.768 bits per heavy atom. The van der Waals surface area contributed by atoms with E-state index in [4.69, 9.17) is 36.1 Å². The van der Waals surface area contributed by atoms with Crippen LogP contribution in [0.15, 0.2) is 0 Å². The fourth-order valence-corrected chi connectivity index (χ4v) is 7.36. The molecule has 0 radical (unpaired) electrons. The molecule has 3 rings (SSSR count). The van der Waals surface area contributed by atoms with Gasteiger partial charge in [0, 0.05) is 50.3 Å². The van der Waals surface area contributed by atoms with Gasteiger partial charge in [0.2, 0.25) is 17.7 Å². The Kier molecular flexibility index (Phi) is 20.0. The first-order valence-corrected chi connectivity index (χ1v) is 20.6. The number of nitrogens with two attached hydrogens (primary N) is 3. The molecule has 16 N–H and O–H groups in total. The maximum absolute atomic E-state index is 12.6. The Labute approximate surface area is 331 Å². The van der Waals surface area contributed by atoms with Crippen molar-refractivity contribution in [3.05, 3.63) is 0 Å². The molecule has 1 aliphatic carbocycles. The smallest absolute Gasteiger partial charge is 0.249 e. The molecule has 0 spiro atoms. The zero-order valence-electron chi connectivity index (χ0n) is 32.5. The molecule has 3 aliphatic rings. The Hall–Kier alpha value is -1.80. The molecule has 2 saturated heterocycles. The normalized spacial score (nSPS) is 35.5. The molecule has 0 unspecified atom stereocenters. The van der Waals surface area contributed by atoms with Gasteiger partial charge in [0.1, 0.15) is 54.9 Å². The third kappa shape index (κ3) is 13.6. The van der Waals surface area contributed by atoms with Crippen LogP contribution in [0.5, 0.6) is 0 Å². The quantitative estimate of drug-likeness (QED) is 0.0456. The third-order valence-electron chi connectivity index (χ3n) is 10.7. The molecule has 0 aromatic heterocycles. The third-order valence-corrected chi connectivity index (χ3v) is 11.8. The van der Waals surface area contributed by atoms with Crippen molar-refractivity contribution >= 4 is 29.5 Å². The second-order valence-electron chi connectivity index (χ2n) is 15.4. The average molecular weight is 827 g/mol. The average Bonchev–Trinajstić information content (AvgIpc) is 3.44. The molecule has 2 heterocycles. The number of carbonyl (C=O) groups is 3. The van der Waals surface area contributed by atoms with Gasteiger partial charge in [0.05, 0.1) is 18.8 Å². The number of hydrogen-bond donors (Lipinski definition) is 13. The van der Waals surface area contributed by atoms with E-state index in [2.05, 4.69) is 16.0 Å². The summed E-state index contributed by atoms with van der Waals surface area (Å²) in [5.74, 6) is 0.557. The van der Waals surface area contributed by atoms with Gasteiger partial charge in [-0.25, -0.2) is 0 Å². The molecule has 2 aliphatic heterocycles. The van der Waals surface area contributed by atoms with Crippen molar-refractivity contribution in [3.8, 4) is 0 Å². The lowest BCUT2D eigenvalue weighted by molar-refractivity contribution is -0.307. The van der Waals surface area contributed by atoms with E-state index in [1.54, 1.807) is 25.6 Å². The van der Waals surface area contributed by atoms with Crippen LogP contribution < -0.4 is 33.2 Å². The second kappa shape index (κ2) is 23.1. The summed E-state index contributed by atoms with van der Waals surface area (Å²) in [5, 5.41) is 80.5. The summed E-state index contributed by atoms with van der Waals surface area (Å²) >= 11 is 1.66. The van der Waals surface area contributed by atoms with Crippen molar-refractivity contribution in [1.29, 1.82) is 0 Å². The van der Waals surface area contributed by atoms with Crippen LogP contribution in [0.3, 0.4) is 0 Å². The molecule has 0 aromatic carbocycles. The molecular formula is C35H66N6O14S. The van der Waals surface area contributed by atoms with Gasteiger partial charge in [0.15, 0.2) is 12.6 Å². The Morgan fingerprint density at radius 2 is 1.41 bits per heavy atom. The maximum atomic E-state index is 12.6. The van der Waals surface area contributed by atoms with E-state index in [0.717, 1.165) is 18.6 Å². The van der Waals surface area contributed by atoms with Crippen LogP contribution in [-0.2, 0) is 33.3 Å². The van der Waals surface area contributed by atoms with Gasteiger partial charge in [-0.05, 0) is 36.9 Å². The molecule has 21 heteroatoms. The van der Waals surface area contributed by atoms with Gasteiger partial charge in [0.25, 0.3) is 0 Å². The number of rotatable bonds is 22. The number of nitrogens with one attached hydrogen (secondary N) is 3. The molecule has 0 bridgehead atoms. The summed E-state index contributed by atoms with van der Waals surface area (Å²) in [4.78, 5) is 36.7. The maximum Gasteiger partial charge on any atom is 0.249 e. The highest BCUT2D eigenvalue weighted by atomic mass is 32.2. The van der Waals surface area contributed by atoms with Crippen molar-refractivity contribution < 1.29 is 69.1 Å². The van der Waals surface area contributed by atoms with Crippen molar-refractivity contribution in [2.75, 3.05) is 37.7 Å². The fourth-order valence-electron chi connectivity index (χ4n) is 6.50. The van der Waals surface area contributed by atoms with Crippen molar-refractivity contribution in [1.82, 2.24) is 16.0 Å². The van der Waals surface area contributed by atoms with Gasteiger partial charge >= 0.3 is 0 Å². The van der Waals surface area contributed by atoms with Crippen LogP contribution in [0.4, 0.5) is 0 Å². The molecule has 20 nitrogen and oxygen atoms in total. The molecule has 326 valence electrons. The molecule has 3 amide bonds. The number of hydrogen-bond acceptors (Lipinski definition) is 18. The van der Waals surface area contributed by atoms with E-state index in [1.165, 1.54) is 0 Å². The van der Waals surface area contributed by atoms with Crippen LogP contribution in [0.25, 0.3) is 0 Å². The summed E-state index contributed by atoms with van der Waals surface area (Å²) in [7, 11) is 0. The molecule has 15 atom stereocenters. The lowest BCUT2D eigenvalue weighted by Gasteiger charge is -2.47. The van der Waals surface area contributed by atoms with Crippen LogP contribution in [0.1, 0.15) is 65.7 Å². The number of thioether (sulfide) groups is 1. The van der Waals surface area contributed by atoms with E-state index in [9.17, 15) is 50.1 Å². The van der Waals surface area contributed by atoms with Crippen molar-refractivity contribution in [2.24, 2.45) is 22.6 Å². The molecule has 0 aromatic rings. The number of carbonyl (C=O) groups excluding carboxylic acids is 3. The first kappa shape index (κ1) is 48.6. The highest BCUT2D eigenvalue weighted by molar-refractivity contribution is 7.99. The number of amides is 3. The minimum absolute atomic E-state index is 0.0834. The van der Waals surface area contributed by atoms with E-state index in [0.29, 0.717) is 25.1 Å². The van der Waals surface area contributed by atoms with Crippen LogP contribution >= 0.6 is 11.8 Å². The van der Waals surface area contributed by atoms with Gasteiger partial charge < -0.3 is 87.8 Å². The minimum atomic E-state index is -1.57. The van der Waals surface area contributed by atoms with Crippen LogP contribution in [0, 0.1) is 5.41 Å².